The lowest BCUT2D eigenvalue weighted by Crippen LogP contribution is -2.20. The van der Waals surface area contributed by atoms with Gasteiger partial charge in [-0.05, 0) is 17.8 Å². The third-order valence-electron chi connectivity index (χ3n) is 3.85. The minimum Gasteiger partial charge on any atom is -0.0654 e. The second-order valence-electron chi connectivity index (χ2n) is 4.77. The van der Waals surface area contributed by atoms with Gasteiger partial charge < -0.3 is 0 Å². The summed E-state index contributed by atoms with van der Waals surface area (Å²) in [4.78, 5) is 0. The van der Waals surface area contributed by atoms with Gasteiger partial charge in [-0.25, -0.2) is 0 Å². The van der Waals surface area contributed by atoms with Crippen LogP contribution in [0.25, 0.3) is 0 Å². The van der Waals surface area contributed by atoms with Gasteiger partial charge in [-0.2, -0.15) is 0 Å². The van der Waals surface area contributed by atoms with Crippen molar-refractivity contribution in [1.29, 1.82) is 0 Å². The van der Waals surface area contributed by atoms with E-state index in [4.69, 9.17) is 0 Å². The second-order valence-corrected chi connectivity index (χ2v) is 4.77. The minimum atomic E-state index is 0.935. The third kappa shape index (κ3) is 4.48. The van der Waals surface area contributed by atoms with Gasteiger partial charge in [-0.1, -0.05) is 73.1 Å². The van der Waals surface area contributed by atoms with Crippen LogP contribution in [0.1, 0.15) is 73.1 Å². The van der Waals surface area contributed by atoms with Gasteiger partial charge in [0.2, 0.25) is 0 Å². The van der Waals surface area contributed by atoms with Gasteiger partial charge in [0.25, 0.3) is 0 Å². The molecule has 0 amide bonds. The molecule has 0 saturated carbocycles. The SMILES string of the molecule is CCCC(CCC)C(C)C(CC)CC. The molecule has 0 aliphatic rings. The molecule has 0 aliphatic carbocycles. The molecular weight excluding hydrogens is 168 g/mol. The van der Waals surface area contributed by atoms with Gasteiger partial charge in [0, 0.05) is 0 Å². The largest absolute Gasteiger partial charge is 0.0654 e. The average molecular weight is 198 g/mol. The molecule has 14 heavy (non-hydrogen) atoms. The summed E-state index contributed by atoms with van der Waals surface area (Å²) in [5.74, 6) is 2.87. The van der Waals surface area contributed by atoms with Crippen molar-refractivity contribution in [1.82, 2.24) is 0 Å². The molecule has 0 heteroatoms. The third-order valence-corrected chi connectivity index (χ3v) is 3.85. The van der Waals surface area contributed by atoms with Crippen molar-refractivity contribution in [2.75, 3.05) is 0 Å². The zero-order chi connectivity index (χ0) is 11.0. The minimum absolute atomic E-state index is 0.935. The fraction of sp³-hybridized carbons (Fsp3) is 1.00. The summed E-state index contributed by atoms with van der Waals surface area (Å²) in [5, 5.41) is 0. The molecule has 0 radical (unpaired) electrons. The Morgan fingerprint density at radius 2 is 1.14 bits per heavy atom. The molecule has 0 aliphatic heterocycles. The van der Waals surface area contributed by atoms with Crippen LogP contribution in [0.2, 0.25) is 0 Å². The Morgan fingerprint density at radius 3 is 1.43 bits per heavy atom. The van der Waals surface area contributed by atoms with Crippen LogP contribution in [0, 0.1) is 17.8 Å². The van der Waals surface area contributed by atoms with Crippen molar-refractivity contribution in [2.45, 2.75) is 73.1 Å². The lowest BCUT2D eigenvalue weighted by Gasteiger charge is -2.29. The lowest BCUT2D eigenvalue weighted by molar-refractivity contribution is 0.209. The van der Waals surface area contributed by atoms with E-state index in [0.29, 0.717) is 0 Å². The molecular formula is C14H30. The maximum atomic E-state index is 2.48. The maximum absolute atomic E-state index is 2.48. The van der Waals surface area contributed by atoms with Gasteiger partial charge in [-0.3, -0.25) is 0 Å². The summed E-state index contributed by atoms with van der Waals surface area (Å²) in [6, 6.07) is 0. The summed E-state index contributed by atoms with van der Waals surface area (Å²) < 4.78 is 0. The Hall–Kier alpha value is 0. The quantitative estimate of drug-likeness (QED) is 0.498. The Balaban J connectivity index is 4.16. The molecule has 0 heterocycles. The number of rotatable bonds is 8. The van der Waals surface area contributed by atoms with Crippen LogP contribution in [-0.2, 0) is 0 Å². The topological polar surface area (TPSA) is 0 Å². The van der Waals surface area contributed by atoms with E-state index in [-0.39, 0.29) is 0 Å². The van der Waals surface area contributed by atoms with Crippen LogP contribution >= 0.6 is 0 Å². The molecule has 1 atom stereocenters. The molecule has 0 aromatic carbocycles. The first-order valence-electron chi connectivity index (χ1n) is 6.71. The van der Waals surface area contributed by atoms with Crippen LogP contribution in [0.4, 0.5) is 0 Å². The van der Waals surface area contributed by atoms with Crippen molar-refractivity contribution in [3.05, 3.63) is 0 Å². The van der Waals surface area contributed by atoms with Crippen LogP contribution in [0.5, 0.6) is 0 Å². The molecule has 0 nitrogen and oxygen atoms in total. The first-order chi connectivity index (χ1) is 6.71. The number of hydrogen-bond acceptors (Lipinski definition) is 0. The van der Waals surface area contributed by atoms with E-state index >= 15 is 0 Å². The van der Waals surface area contributed by atoms with Crippen LogP contribution < -0.4 is 0 Å². The van der Waals surface area contributed by atoms with Gasteiger partial charge in [0.1, 0.15) is 0 Å². The van der Waals surface area contributed by atoms with Gasteiger partial charge in [-0.15, -0.1) is 0 Å². The predicted molar refractivity (Wildman–Crippen MR) is 66.5 cm³/mol. The highest BCUT2D eigenvalue weighted by molar-refractivity contribution is 4.72. The fourth-order valence-electron chi connectivity index (χ4n) is 2.83. The van der Waals surface area contributed by atoms with Gasteiger partial charge in [0.15, 0.2) is 0 Å². The van der Waals surface area contributed by atoms with E-state index in [0.717, 1.165) is 17.8 Å². The highest BCUT2D eigenvalue weighted by Gasteiger charge is 2.21. The lowest BCUT2D eigenvalue weighted by atomic mass is 9.76. The molecule has 0 spiro atoms. The molecule has 0 fully saturated rings. The highest BCUT2D eigenvalue weighted by Crippen LogP contribution is 2.32. The molecule has 1 unspecified atom stereocenters. The summed E-state index contributed by atoms with van der Waals surface area (Å²) in [7, 11) is 0. The Bertz CT molecular complexity index is 107. The zero-order valence-electron chi connectivity index (χ0n) is 11.0. The molecule has 0 bridgehead atoms. The monoisotopic (exact) mass is 198 g/mol. The van der Waals surface area contributed by atoms with E-state index in [1.807, 2.05) is 0 Å². The van der Waals surface area contributed by atoms with Crippen molar-refractivity contribution in [2.24, 2.45) is 17.8 Å². The number of hydrogen-bond donors (Lipinski definition) is 0. The second kappa shape index (κ2) is 8.32. The Kier molecular flexibility index (Phi) is 8.32. The van der Waals surface area contributed by atoms with E-state index < -0.39 is 0 Å². The maximum Gasteiger partial charge on any atom is -0.0386 e. The Morgan fingerprint density at radius 1 is 0.714 bits per heavy atom. The molecule has 0 saturated heterocycles. The van der Waals surface area contributed by atoms with E-state index in [1.54, 1.807) is 0 Å². The Labute approximate surface area is 91.5 Å². The first kappa shape index (κ1) is 14.0. The van der Waals surface area contributed by atoms with E-state index in [9.17, 15) is 0 Å². The van der Waals surface area contributed by atoms with E-state index in [1.165, 1.54) is 38.5 Å². The average Bonchev–Trinajstić information content (AvgIpc) is 2.19. The van der Waals surface area contributed by atoms with Crippen LogP contribution in [-0.4, -0.2) is 0 Å². The molecule has 0 rings (SSSR count). The van der Waals surface area contributed by atoms with Crippen LogP contribution in [0.3, 0.4) is 0 Å². The molecule has 0 aromatic heterocycles. The summed E-state index contributed by atoms with van der Waals surface area (Å²) in [5.41, 5.74) is 0. The molecule has 86 valence electrons. The van der Waals surface area contributed by atoms with Gasteiger partial charge in [0.05, 0.1) is 0 Å². The van der Waals surface area contributed by atoms with E-state index in [2.05, 4.69) is 34.6 Å². The summed E-state index contributed by atoms with van der Waals surface area (Å²) in [6.45, 7) is 11.8. The fourth-order valence-corrected chi connectivity index (χ4v) is 2.83. The summed E-state index contributed by atoms with van der Waals surface area (Å²) >= 11 is 0. The summed E-state index contributed by atoms with van der Waals surface area (Å²) in [6.07, 6.45) is 8.31. The van der Waals surface area contributed by atoms with Gasteiger partial charge >= 0.3 is 0 Å². The van der Waals surface area contributed by atoms with Crippen molar-refractivity contribution in [3.63, 3.8) is 0 Å². The smallest absolute Gasteiger partial charge is 0.0386 e. The van der Waals surface area contributed by atoms with Crippen molar-refractivity contribution in [3.8, 4) is 0 Å². The van der Waals surface area contributed by atoms with Crippen LogP contribution in [0.15, 0.2) is 0 Å². The highest BCUT2D eigenvalue weighted by atomic mass is 14.3. The predicted octanol–water partition coefficient (Wildman–Crippen LogP) is 5.28. The molecule has 0 aromatic rings. The zero-order valence-corrected chi connectivity index (χ0v) is 11.0. The van der Waals surface area contributed by atoms with Crippen molar-refractivity contribution >= 4 is 0 Å². The normalized spacial score (nSPS) is 13.9. The molecule has 0 N–H and O–H groups in total. The standard InChI is InChI=1S/C14H30/c1-6-10-14(11-7-2)12(5)13(8-3)9-4/h12-14H,6-11H2,1-5H3. The first-order valence-corrected chi connectivity index (χ1v) is 6.71. The van der Waals surface area contributed by atoms with Crippen molar-refractivity contribution < 1.29 is 0 Å².